The lowest BCUT2D eigenvalue weighted by molar-refractivity contribution is -0.318. The highest BCUT2D eigenvalue weighted by Crippen LogP contribution is 2.42. The third kappa shape index (κ3) is 14.0. The van der Waals surface area contributed by atoms with Crippen LogP contribution in [0.4, 0.5) is 0 Å². The molecular weight excluding hydrogens is 1040 g/mol. The molecular formula is C58H92N4O18. The van der Waals surface area contributed by atoms with Crippen LogP contribution < -0.4 is 15.5 Å². The number of aromatic carboxylic acids is 1. The zero-order chi connectivity index (χ0) is 59.6. The zero-order valence-corrected chi connectivity index (χ0v) is 49.8. The first-order chi connectivity index (χ1) is 37.3. The van der Waals surface area contributed by atoms with Crippen LogP contribution in [-0.2, 0) is 59.5 Å². The number of hydrogen-bond acceptors (Lipinski definition) is 20. The molecule has 18 atom stereocenters. The van der Waals surface area contributed by atoms with Gasteiger partial charge in [-0.3, -0.25) is 14.4 Å². The van der Waals surface area contributed by atoms with E-state index in [0.717, 1.165) is 5.56 Å². The van der Waals surface area contributed by atoms with Gasteiger partial charge in [-0.2, -0.15) is 0 Å². The number of esters is 2. The first kappa shape index (κ1) is 64.8. The Labute approximate surface area is 470 Å². The van der Waals surface area contributed by atoms with Crippen molar-refractivity contribution in [3.8, 4) is 5.75 Å². The van der Waals surface area contributed by atoms with Crippen LogP contribution in [0.15, 0.2) is 28.3 Å². The molecule has 0 aliphatic carbocycles. The summed E-state index contributed by atoms with van der Waals surface area (Å²) in [6.07, 6.45) is -7.44. The summed E-state index contributed by atoms with van der Waals surface area (Å²) in [6.45, 7) is 21.9. The van der Waals surface area contributed by atoms with Gasteiger partial charge in [-0.25, -0.2) is 4.79 Å². The fourth-order valence-corrected chi connectivity index (χ4v) is 12.5. The number of carboxylic acid groups (broad SMARTS) is 1. The van der Waals surface area contributed by atoms with Crippen LogP contribution in [0.3, 0.4) is 0 Å². The maximum Gasteiger partial charge on any atom is 0.341 e. The van der Waals surface area contributed by atoms with E-state index in [1.54, 1.807) is 54.5 Å². The number of methoxy groups -OCH3 is 1. The third-order valence-electron chi connectivity index (χ3n) is 17.2. The van der Waals surface area contributed by atoms with E-state index in [1.165, 1.54) is 27.3 Å². The van der Waals surface area contributed by atoms with Gasteiger partial charge in [0.05, 0.1) is 70.6 Å². The summed E-state index contributed by atoms with van der Waals surface area (Å²) in [7, 11) is 6.56. The summed E-state index contributed by atoms with van der Waals surface area (Å²) in [5, 5.41) is 66.2. The second kappa shape index (κ2) is 26.1. The van der Waals surface area contributed by atoms with Gasteiger partial charge in [-0.05, 0) is 126 Å². The number of aromatic nitrogens is 1. The van der Waals surface area contributed by atoms with Crippen molar-refractivity contribution in [1.82, 2.24) is 14.8 Å². The molecule has 452 valence electrons. The molecule has 0 radical (unpaired) electrons. The molecule has 0 spiro atoms. The number of hydrogen-bond donors (Lipinski definition) is 6. The minimum absolute atomic E-state index is 0.0111. The van der Waals surface area contributed by atoms with E-state index < -0.39 is 125 Å². The van der Waals surface area contributed by atoms with Gasteiger partial charge >= 0.3 is 17.9 Å². The molecule has 80 heavy (non-hydrogen) atoms. The molecule has 0 saturated carbocycles. The van der Waals surface area contributed by atoms with Crippen molar-refractivity contribution < 1.29 is 82.6 Å². The monoisotopic (exact) mass is 1130 g/mol. The molecule has 6 N–H and O–H groups in total. The van der Waals surface area contributed by atoms with Crippen LogP contribution >= 0.6 is 0 Å². The highest BCUT2D eigenvalue weighted by atomic mass is 16.7. The Morgan fingerprint density at radius 2 is 1.61 bits per heavy atom. The highest BCUT2D eigenvalue weighted by Gasteiger charge is 2.54. The second-order valence-corrected chi connectivity index (χ2v) is 24.5. The number of ether oxygens (including phenoxy) is 8. The molecule has 4 aliphatic heterocycles. The normalized spacial score (nSPS) is 37.6. The number of nitrogens with zero attached hydrogens (tertiary/aromatic N) is 3. The number of aliphatic hydroxyl groups excluding tert-OH is 2. The first-order valence-electron chi connectivity index (χ1n) is 28.3. The van der Waals surface area contributed by atoms with Crippen LogP contribution in [-0.4, -0.2) is 191 Å². The SMILES string of the molecule is CC[C@H]1OC(=O)[C@H](C)[C@@H](O[C@H]2C[C@@](C)(OC)[C@@H](OC(=O)CCNCCCc3cc4c5c(c3)c(=O)c(C(=O)O)cn5C(C)(C)CO4)[C@H](C)O2)[C@H](C)[C@@H](O[C@@H]2O[C@H](C)C[C@H](N(C)C)[C@H]2O)[C@](C)(O)C[C@@H](C)C(=NOC)[C@H](C)[C@@H](O)[C@]1(C)O. The topological polar surface area (TPSA) is 285 Å². The molecule has 4 aliphatic rings. The van der Waals surface area contributed by atoms with Crippen molar-refractivity contribution in [2.75, 3.05) is 48.0 Å². The average Bonchev–Trinajstić information content (AvgIpc) is 3.59. The third-order valence-corrected chi connectivity index (χ3v) is 17.2. The van der Waals surface area contributed by atoms with Crippen molar-refractivity contribution >= 4 is 34.5 Å². The van der Waals surface area contributed by atoms with Crippen LogP contribution in [0.2, 0.25) is 0 Å². The fourth-order valence-electron chi connectivity index (χ4n) is 12.5. The number of oxime groups is 1. The lowest BCUT2D eigenvalue weighted by atomic mass is 9.73. The second-order valence-electron chi connectivity index (χ2n) is 24.5. The molecule has 2 aromatic rings. The summed E-state index contributed by atoms with van der Waals surface area (Å²) in [6, 6.07) is 3.25. The molecule has 5 heterocycles. The molecule has 0 unspecified atom stereocenters. The molecule has 3 saturated heterocycles. The Hall–Kier alpha value is -4.33. The zero-order valence-electron chi connectivity index (χ0n) is 49.8. The molecule has 0 amide bonds. The number of nitrogens with one attached hydrogen (secondary N) is 1. The predicted octanol–water partition coefficient (Wildman–Crippen LogP) is 4.52. The smallest absolute Gasteiger partial charge is 0.341 e. The highest BCUT2D eigenvalue weighted by molar-refractivity contribution is 5.95. The van der Waals surface area contributed by atoms with Gasteiger partial charge < -0.3 is 83.0 Å². The molecule has 1 aromatic carbocycles. The van der Waals surface area contributed by atoms with Gasteiger partial charge in [0.1, 0.15) is 48.4 Å². The Bertz CT molecular complexity index is 2570. The van der Waals surface area contributed by atoms with Gasteiger partial charge in [0.2, 0.25) is 5.43 Å². The number of carboxylic acids is 1. The van der Waals surface area contributed by atoms with Crippen molar-refractivity contribution in [1.29, 1.82) is 0 Å². The molecule has 3 fully saturated rings. The quantitative estimate of drug-likeness (QED) is 0.0721. The van der Waals surface area contributed by atoms with E-state index in [-0.39, 0.29) is 55.3 Å². The van der Waals surface area contributed by atoms with Crippen molar-refractivity contribution in [2.45, 2.75) is 218 Å². The standard InChI is InChI=1S/C58H92N4O18/c1-17-41-58(12,71)49(66)32(4)44(60-73-16)30(2)26-56(10,70)50(80-54-47(65)39(61(13)14)23-31(3)75-54)33(5)48(34(6)53(69)77-41)79-43-27-57(11,72-15)51(35(7)76-43)78-42(63)20-22-59-21-18-19-36-24-37-45-40(25-36)74-29-55(8,9)62(45)28-38(46(37)64)52(67)68/h24-25,28,30-35,39,41,43,47-51,54,59,65-66,70-71H,17-23,26-27,29H2,1-16H3,(H,67,68)/t30-,31-,32+,33+,34-,35+,39+,41-,43+,47-,48+,49-,50-,51+,54+,56-,57-,58-/m1/s1. The van der Waals surface area contributed by atoms with Crippen molar-refractivity contribution in [2.24, 2.45) is 28.8 Å². The number of carbonyl (C=O) groups is 3. The number of rotatable bonds is 17. The van der Waals surface area contributed by atoms with Crippen molar-refractivity contribution in [3.63, 3.8) is 0 Å². The number of aliphatic hydroxyl groups is 4. The van der Waals surface area contributed by atoms with E-state index in [4.69, 9.17) is 42.7 Å². The summed E-state index contributed by atoms with van der Waals surface area (Å²) < 4.78 is 52.7. The first-order valence-corrected chi connectivity index (χ1v) is 28.3. The Morgan fingerprint density at radius 3 is 2.24 bits per heavy atom. The molecule has 6 rings (SSSR count). The molecule has 1 aromatic heterocycles. The van der Waals surface area contributed by atoms with Gasteiger partial charge in [0.25, 0.3) is 0 Å². The van der Waals surface area contributed by atoms with Gasteiger partial charge in [0.15, 0.2) is 18.7 Å². The lowest BCUT2D eigenvalue weighted by Crippen LogP contribution is -2.61. The number of carbonyl (C=O) groups excluding carboxylic acids is 2. The number of pyridine rings is 1. The predicted molar refractivity (Wildman–Crippen MR) is 295 cm³/mol. The van der Waals surface area contributed by atoms with Gasteiger partial charge in [0, 0.05) is 50.1 Å². The summed E-state index contributed by atoms with van der Waals surface area (Å²) in [4.78, 5) is 60.7. The maximum atomic E-state index is 14.6. The molecule has 22 nitrogen and oxygen atoms in total. The van der Waals surface area contributed by atoms with E-state index in [9.17, 15) is 44.7 Å². The summed E-state index contributed by atoms with van der Waals surface area (Å²) in [5.41, 5.74) is -4.69. The maximum absolute atomic E-state index is 14.6. The summed E-state index contributed by atoms with van der Waals surface area (Å²) in [5.74, 6) is -5.54. The number of benzene rings is 1. The van der Waals surface area contributed by atoms with Crippen molar-refractivity contribution in [3.05, 3.63) is 39.7 Å². The van der Waals surface area contributed by atoms with E-state index >= 15 is 0 Å². The van der Waals surface area contributed by atoms with Crippen LogP contribution in [0, 0.1) is 23.7 Å². The van der Waals surface area contributed by atoms with Gasteiger partial charge in [-0.1, -0.05) is 32.9 Å². The molecule has 22 heteroatoms. The van der Waals surface area contributed by atoms with Gasteiger partial charge in [-0.15, -0.1) is 0 Å². The van der Waals surface area contributed by atoms with E-state index in [1.807, 2.05) is 57.3 Å². The Morgan fingerprint density at radius 1 is 0.925 bits per heavy atom. The van der Waals surface area contributed by atoms with Crippen LogP contribution in [0.1, 0.15) is 138 Å². The minimum atomic E-state index is -1.98. The van der Waals surface area contributed by atoms with Crippen LogP contribution in [0.25, 0.3) is 10.9 Å². The van der Waals surface area contributed by atoms with Crippen LogP contribution in [0.5, 0.6) is 5.75 Å². The summed E-state index contributed by atoms with van der Waals surface area (Å²) >= 11 is 0. The Kier molecular flexibility index (Phi) is 21.1. The van der Waals surface area contributed by atoms with E-state index in [2.05, 4.69) is 10.5 Å². The minimum Gasteiger partial charge on any atom is -0.489 e. The lowest BCUT2D eigenvalue weighted by Gasteiger charge is -2.49. The Balaban J connectivity index is 1.19. The number of likely N-dealkylation sites (N-methyl/N-ethyl adjacent to an activating group) is 1. The molecule has 0 bridgehead atoms. The number of aryl methyl sites for hydroxylation is 1. The number of cyclic esters (lactones) is 1. The fraction of sp³-hybridized carbons (Fsp3) is 0.776. The largest absolute Gasteiger partial charge is 0.489 e. The average molecular weight is 1130 g/mol. The van der Waals surface area contributed by atoms with E-state index in [0.29, 0.717) is 49.4 Å².